The summed E-state index contributed by atoms with van der Waals surface area (Å²) in [6.07, 6.45) is 4.28. The molecule has 0 aliphatic heterocycles. The smallest absolute Gasteiger partial charge is 0.251 e. The topological polar surface area (TPSA) is 72.9 Å². The Balaban J connectivity index is 0.00000176. The van der Waals surface area contributed by atoms with Crippen LogP contribution >= 0.6 is 12.4 Å². The summed E-state index contributed by atoms with van der Waals surface area (Å²) in [5.41, 5.74) is 8.53. The first-order chi connectivity index (χ1) is 10.1. The zero-order valence-corrected chi connectivity index (χ0v) is 13.3. The third-order valence-corrected chi connectivity index (χ3v) is 3.84. The van der Waals surface area contributed by atoms with Crippen LogP contribution in [0.15, 0.2) is 36.5 Å². The van der Waals surface area contributed by atoms with Gasteiger partial charge in [-0.15, -0.1) is 12.4 Å². The van der Waals surface area contributed by atoms with Crippen molar-refractivity contribution in [2.24, 2.45) is 11.7 Å². The number of benzene rings is 1. The summed E-state index contributed by atoms with van der Waals surface area (Å²) >= 11 is 0. The summed E-state index contributed by atoms with van der Waals surface area (Å²) in [5.74, 6) is 0.519. The predicted molar refractivity (Wildman–Crippen MR) is 88.6 cm³/mol. The van der Waals surface area contributed by atoms with E-state index < -0.39 is 0 Å². The lowest BCUT2D eigenvalue weighted by molar-refractivity contribution is 0.0950. The van der Waals surface area contributed by atoms with E-state index in [9.17, 15) is 4.79 Å². The van der Waals surface area contributed by atoms with Gasteiger partial charge in [0, 0.05) is 24.3 Å². The Bertz CT molecular complexity index is 634. The van der Waals surface area contributed by atoms with Gasteiger partial charge in [0.05, 0.1) is 11.4 Å². The second-order valence-corrected chi connectivity index (χ2v) is 5.66. The molecule has 22 heavy (non-hydrogen) atoms. The SMILES string of the molecule is Cc1ccn(-c2ccc(C(=O)NCC(N)C3CC3)cc2)n1.Cl. The van der Waals surface area contributed by atoms with Crippen LogP contribution in [0.5, 0.6) is 0 Å². The number of halogens is 1. The molecule has 1 aromatic heterocycles. The summed E-state index contributed by atoms with van der Waals surface area (Å²) in [6, 6.07) is 9.43. The zero-order valence-electron chi connectivity index (χ0n) is 12.5. The highest BCUT2D eigenvalue weighted by molar-refractivity contribution is 5.94. The van der Waals surface area contributed by atoms with Gasteiger partial charge in [0.2, 0.25) is 0 Å². The van der Waals surface area contributed by atoms with E-state index in [1.165, 1.54) is 12.8 Å². The Hall–Kier alpha value is -1.85. The minimum atomic E-state index is -0.0747. The molecule has 1 fully saturated rings. The number of carbonyl (C=O) groups excluding carboxylic acids is 1. The fourth-order valence-corrected chi connectivity index (χ4v) is 2.33. The van der Waals surface area contributed by atoms with Gasteiger partial charge in [0.1, 0.15) is 0 Å². The Morgan fingerprint density at radius 3 is 2.59 bits per heavy atom. The van der Waals surface area contributed by atoms with Gasteiger partial charge in [-0.25, -0.2) is 4.68 Å². The van der Waals surface area contributed by atoms with E-state index in [0.717, 1.165) is 11.4 Å². The molecule has 5 nitrogen and oxygen atoms in total. The van der Waals surface area contributed by atoms with Gasteiger partial charge in [0.25, 0.3) is 5.91 Å². The molecule has 1 atom stereocenters. The molecule has 2 aromatic rings. The van der Waals surface area contributed by atoms with Gasteiger partial charge >= 0.3 is 0 Å². The number of nitrogens with two attached hydrogens (primary N) is 1. The summed E-state index contributed by atoms with van der Waals surface area (Å²) in [7, 11) is 0. The molecule has 1 aliphatic carbocycles. The molecule has 1 saturated carbocycles. The van der Waals surface area contributed by atoms with E-state index in [4.69, 9.17) is 5.73 Å². The van der Waals surface area contributed by atoms with Gasteiger partial charge in [-0.2, -0.15) is 5.10 Å². The van der Waals surface area contributed by atoms with E-state index >= 15 is 0 Å². The first-order valence-electron chi connectivity index (χ1n) is 7.30. The lowest BCUT2D eigenvalue weighted by Gasteiger charge is -2.11. The molecule has 6 heteroatoms. The lowest BCUT2D eigenvalue weighted by Crippen LogP contribution is -2.38. The van der Waals surface area contributed by atoms with Crippen LogP contribution in [0.2, 0.25) is 0 Å². The van der Waals surface area contributed by atoms with Crippen molar-refractivity contribution in [3.05, 3.63) is 47.8 Å². The minimum Gasteiger partial charge on any atom is -0.350 e. The van der Waals surface area contributed by atoms with Gasteiger partial charge in [-0.3, -0.25) is 4.79 Å². The van der Waals surface area contributed by atoms with Crippen LogP contribution in [-0.4, -0.2) is 28.3 Å². The number of carbonyl (C=O) groups is 1. The fraction of sp³-hybridized carbons (Fsp3) is 0.375. The highest BCUT2D eigenvalue weighted by atomic mass is 35.5. The van der Waals surface area contributed by atoms with Crippen molar-refractivity contribution in [3.63, 3.8) is 0 Å². The number of aryl methyl sites for hydroxylation is 1. The number of hydrogen-bond donors (Lipinski definition) is 2. The van der Waals surface area contributed by atoms with Crippen LogP contribution in [0.3, 0.4) is 0 Å². The average molecular weight is 321 g/mol. The molecule has 1 aliphatic rings. The summed E-state index contributed by atoms with van der Waals surface area (Å²) in [5, 5.41) is 7.24. The van der Waals surface area contributed by atoms with Crippen LogP contribution in [0.4, 0.5) is 0 Å². The van der Waals surface area contributed by atoms with Crippen molar-refractivity contribution in [2.45, 2.75) is 25.8 Å². The standard InChI is InChI=1S/C16H20N4O.ClH/c1-11-8-9-20(19-11)14-6-4-13(5-7-14)16(21)18-10-15(17)12-2-3-12;/h4-9,12,15H,2-3,10,17H2,1H3,(H,18,21);1H. The second-order valence-electron chi connectivity index (χ2n) is 5.66. The molecule has 1 amide bonds. The summed E-state index contributed by atoms with van der Waals surface area (Å²) in [4.78, 5) is 12.1. The number of hydrogen-bond acceptors (Lipinski definition) is 3. The normalized spacial score (nSPS) is 15.0. The quantitative estimate of drug-likeness (QED) is 0.885. The number of aromatic nitrogens is 2. The Morgan fingerprint density at radius 2 is 2.05 bits per heavy atom. The lowest BCUT2D eigenvalue weighted by atomic mass is 10.1. The van der Waals surface area contributed by atoms with Crippen LogP contribution in [-0.2, 0) is 0 Å². The van der Waals surface area contributed by atoms with E-state index in [1.54, 1.807) is 4.68 Å². The highest BCUT2D eigenvalue weighted by Gasteiger charge is 2.28. The fourth-order valence-electron chi connectivity index (χ4n) is 2.33. The third-order valence-electron chi connectivity index (χ3n) is 3.84. The largest absolute Gasteiger partial charge is 0.350 e. The van der Waals surface area contributed by atoms with Crippen molar-refractivity contribution in [1.82, 2.24) is 15.1 Å². The van der Waals surface area contributed by atoms with E-state index in [-0.39, 0.29) is 24.4 Å². The molecule has 0 saturated heterocycles. The minimum absolute atomic E-state index is 0. The van der Waals surface area contributed by atoms with E-state index in [1.807, 2.05) is 43.5 Å². The first kappa shape index (κ1) is 16.5. The molecule has 3 rings (SSSR count). The van der Waals surface area contributed by atoms with E-state index in [2.05, 4.69) is 10.4 Å². The van der Waals surface area contributed by atoms with Crippen molar-refractivity contribution >= 4 is 18.3 Å². The molecule has 0 spiro atoms. The summed E-state index contributed by atoms with van der Waals surface area (Å²) in [6.45, 7) is 2.49. The Labute approximate surface area is 136 Å². The first-order valence-corrected chi connectivity index (χ1v) is 7.30. The molecule has 1 aromatic carbocycles. The molecule has 0 bridgehead atoms. The number of nitrogens with zero attached hydrogens (tertiary/aromatic N) is 2. The molecule has 3 N–H and O–H groups in total. The van der Waals surface area contributed by atoms with Gasteiger partial charge in [-0.05, 0) is 56.0 Å². The number of nitrogens with one attached hydrogen (secondary N) is 1. The van der Waals surface area contributed by atoms with Crippen LogP contribution < -0.4 is 11.1 Å². The average Bonchev–Trinajstić information content (AvgIpc) is 3.26. The van der Waals surface area contributed by atoms with Crippen LogP contribution in [0.25, 0.3) is 5.69 Å². The number of amides is 1. The Kier molecular flexibility index (Phi) is 5.21. The van der Waals surface area contributed by atoms with Crippen LogP contribution in [0, 0.1) is 12.8 Å². The van der Waals surface area contributed by atoms with Crippen molar-refractivity contribution in [1.29, 1.82) is 0 Å². The molecular formula is C16H21ClN4O. The molecule has 1 heterocycles. The molecule has 0 radical (unpaired) electrons. The molecule has 118 valence electrons. The predicted octanol–water partition coefficient (Wildman–Crippen LogP) is 2.07. The van der Waals surface area contributed by atoms with E-state index in [0.29, 0.717) is 18.0 Å². The van der Waals surface area contributed by atoms with Gasteiger partial charge < -0.3 is 11.1 Å². The maximum atomic E-state index is 12.1. The maximum absolute atomic E-state index is 12.1. The van der Waals surface area contributed by atoms with Crippen molar-refractivity contribution < 1.29 is 4.79 Å². The Morgan fingerprint density at radius 1 is 1.36 bits per heavy atom. The van der Waals surface area contributed by atoms with Crippen LogP contribution in [0.1, 0.15) is 28.9 Å². The monoisotopic (exact) mass is 320 g/mol. The third kappa shape index (κ3) is 3.87. The van der Waals surface area contributed by atoms with Crippen molar-refractivity contribution in [3.8, 4) is 5.69 Å². The van der Waals surface area contributed by atoms with Gasteiger partial charge in [0.15, 0.2) is 0 Å². The van der Waals surface area contributed by atoms with Gasteiger partial charge in [-0.1, -0.05) is 0 Å². The molecule has 1 unspecified atom stereocenters. The summed E-state index contributed by atoms with van der Waals surface area (Å²) < 4.78 is 1.79. The maximum Gasteiger partial charge on any atom is 0.251 e. The highest BCUT2D eigenvalue weighted by Crippen LogP contribution is 2.31. The second kappa shape index (κ2) is 6.94. The zero-order chi connectivity index (χ0) is 14.8. The molecular weight excluding hydrogens is 300 g/mol. The van der Waals surface area contributed by atoms with Crippen molar-refractivity contribution in [2.75, 3.05) is 6.54 Å². The number of rotatable bonds is 5.